The summed E-state index contributed by atoms with van der Waals surface area (Å²) in [5.74, 6) is 8.34. The molecule has 2 fully saturated rings. The van der Waals surface area contributed by atoms with Crippen molar-refractivity contribution in [1.82, 2.24) is 9.97 Å². The number of nitrogen functional groups attached to an aromatic ring is 1. The number of anilines is 2. The van der Waals surface area contributed by atoms with E-state index in [1.807, 2.05) is 6.92 Å². The van der Waals surface area contributed by atoms with Gasteiger partial charge in [-0.1, -0.05) is 0 Å². The largest absolute Gasteiger partial charge is 0.394 e. The molecule has 0 saturated heterocycles. The van der Waals surface area contributed by atoms with E-state index in [-0.39, 0.29) is 12.1 Å². The first kappa shape index (κ1) is 12.6. The van der Waals surface area contributed by atoms with Gasteiger partial charge in [0.1, 0.15) is 17.5 Å². The molecule has 0 amide bonds. The number of hydrogen-bond donors (Lipinski definition) is 4. The van der Waals surface area contributed by atoms with E-state index in [0.29, 0.717) is 11.7 Å². The molecule has 2 aliphatic rings. The lowest BCUT2D eigenvalue weighted by Crippen LogP contribution is -2.48. The van der Waals surface area contributed by atoms with Gasteiger partial charge in [0, 0.05) is 11.5 Å². The van der Waals surface area contributed by atoms with Crippen molar-refractivity contribution in [2.24, 2.45) is 5.84 Å². The summed E-state index contributed by atoms with van der Waals surface area (Å²) in [6.45, 7) is 2.08. The third-order valence-corrected chi connectivity index (χ3v) is 4.24. The Morgan fingerprint density at radius 2 is 2.00 bits per heavy atom. The molecule has 1 heterocycles. The predicted octanol–water partition coefficient (Wildman–Crippen LogP) is 1.27. The summed E-state index contributed by atoms with van der Waals surface area (Å²) in [5, 5.41) is 13.0. The van der Waals surface area contributed by atoms with Gasteiger partial charge in [-0.15, -0.1) is 0 Å². The fourth-order valence-corrected chi connectivity index (χ4v) is 2.50. The van der Waals surface area contributed by atoms with Crippen LogP contribution in [0.2, 0.25) is 0 Å². The molecule has 1 aromatic rings. The van der Waals surface area contributed by atoms with Crippen LogP contribution in [0, 0.1) is 6.92 Å². The second-order valence-corrected chi connectivity index (χ2v) is 5.74. The Labute approximate surface area is 112 Å². The number of nitrogens with two attached hydrogens (primary N) is 1. The molecule has 2 saturated carbocycles. The average Bonchev–Trinajstić information content (AvgIpc) is 3.20. The minimum atomic E-state index is -0.203. The van der Waals surface area contributed by atoms with Crippen molar-refractivity contribution in [1.29, 1.82) is 0 Å². The highest BCUT2D eigenvalue weighted by molar-refractivity contribution is 5.58. The van der Waals surface area contributed by atoms with Crippen LogP contribution in [0.4, 0.5) is 11.6 Å². The van der Waals surface area contributed by atoms with Crippen molar-refractivity contribution in [3.8, 4) is 0 Å². The zero-order valence-corrected chi connectivity index (χ0v) is 11.2. The average molecular weight is 263 g/mol. The van der Waals surface area contributed by atoms with Crippen LogP contribution in [-0.4, -0.2) is 27.2 Å². The van der Waals surface area contributed by atoms with Gasteiger partial charge in [-0.05, 0) is 39.0 Å². The summed E-state index contributed by atoms with van der Waals surface area (Å²) in [5.41, 5.74) is 3.35. The van der Waals surface area contributed by atoms with Crippen LogP contribution in [0.5, 0.6) is 0 Å². The van der Waals surface area contributed by atoms with Crippen LogP contribution < -0.4 is 16.6 Å². The fraction of sp³-hybridized carbons (Fsp3) is 0.692. The molecule has 3 rings (SSSR count). The van der Waals surface area contributed by atoms with E-state index in [9.17, 15) is 5.11 Å². The fourth-order valence-electron chi connectivity index (χ4n) is 2.50. The summed E-state index contributed by atoms with van der Waals surface area (Å²) >= 11 is 0. The number of hydrazine groups is 1. The minimum Gasteiger partial charge on any atom is -0.394 e. The normalized spacial score (nSPS) is 20.8. The van der Waals surface area contributed by atoms with Gasteiger partial charge in [-0.25, -0.2) is 15.8 Å². The van der Waals surface area contributed by atoms with Crippen molar-refractivity contribution in [3.63, 3.8) is 0 Å². The Bertz CT molecular complexity index is 477. The highest BCUT2D eigenvalue weighted by Gasteiger charge is 2.37. The van der Waals surface area contributed by atoms with Crippen molar-refractivity contribution in [2.75, 3.05) is 17.3 Å². The first-order chi connectivity index (χ1) is 9.17. The number of rotatable bonds is 5. The summed E-state index contributed by atoms with van der Waals surface area (Å²) in [6, 6.07) is 0. The van der Waals surface area contributed by atoms with Crippen LogP contribution in [0.15, 0.2) is 0 Å². The Kier molecular flexibility index (Phi) is 3.06. The smallest absolute Gasteiger partial charge is 0.148 e. The molecule has 0 spiro atoms. The lowest BCUT2D eigenvalue weighted by atomic mass is 9.77. The summed E-state index contributed by atoms with van der Waals surface area (Å²) in [6.07, 6.45) is 5.42. The maximum Gasteiger partial charge on any atom is 0.148 e. The monoisotopic (exact) mass is 263 g/mol. The van der Waals surface area contributed by atoms with Crippen molar-refractivity contribution >= 4 is 11.6 Å². The summed E-state index contributed by atoms with van der Waals surface area (Å²) in [4.78, 5) is 9.09. The number of hydrogen-bond acceptors (Lipinski definition) is 6. The van der Waals surface area contributed by atoms with E-state index in [1.165, 1.54) is 0 Å². The number of aliphatic hydroxyl groups excluding tert-OH is 1. The van der Waals surface area contributed by atoms with Crippen LogP contribution in [0.3, 0.4) is 0 Å². The van der Waals surface area contributed by atoms with Gasteiger partial charge in [0.25, 0.3) is 0 Å². The molecule has 1 aromatic heterocycles. The van der Waals surface area contributed by atoms with E-state index < -0.39 is 0 Å². The second kappa shape index (κ2) is 4.61. The molecule has 0 radical (unpaired) electrons. The molecule has 0 atom stereocenters. The molecule has 0 unspecified atom stereocenters. The van der Waals surface area contributed by atoms with E-state index in [4.69, 9.17) is 5.84 Å². The number of nitrogens with one attached hydrogen (secondary N) is 2. The van der Waals surface area contributed by atoms with E-state index in [0.717, 1.165) is 49.3 Å². The number of aliphatic hydroxyl groups is 1. The Morgan fingerprint density at radius 1 is 1.32 bits per heavy atom. The van der Waals surface area contributed by atoms with E-state index >= 15 is 0 Å². The van der Waals surface area contributed by atoms with Gasteiger partial charge >= 0.3 is 0 Å². The maximum absolute atomic E-state index is 9.56. The molecule has 0 bridgehead atoms. The molecular formula is C13H21N5O. The molecule has 0 aromatic carbocycles. The summed E-state index contributed by atoms with van der Waals surface area (Å²) in [7, 11) is 0. The first-order valence-corrected chi connectivity index (χ1v) is 6.92. The lowest BCUT2D eigenvalue weighted by molar-refractivity contribution is 0.143. The third-order valence-electron chi connectivity index (χ3n) is 4.24. The highest BCUT2D eigenvalue weighted by atomic mass is 16.3. The number of nitrogens with zero attached hydrogens (tertiary/aromatic N) is 2. The van der Waals surface area contributed by atoms with E-state index in [2.05, 4.69) is 20.7 Å². The van der Waals surface area contributed by atoms with Gasteiger partial charge in [0.2, 0.25) is 0 Å². The molecular weight excluding hydrogens is 242 g/mol. The molecule has 104 valence electrons. The maximum atomic E-state index is 9.56. The quantitative estimate of drug-likeness (QED) is 0.472. The van der Waals surface area contributed by atoms with Crippen LogP contribution in [0.1, 0.15) is 49.4 Å². The van der Waals surface area contributed by atoms with Crippen molar-refractivity contribution in [3.05, 3.63) is 11.4 Å². The molecule has 0 aliphatic heterocycles. The molecule has 5 N–H and O–H groups in total. The number of aromatic nitrogens is 2. The molecule has 2 aliphatic carbocycles. The molecule has 19 heavy (non-hydrogen) atoms. The van der Waals surface area contributed by atoms with Gasteiger partial charge in [-0.2, -0.15) is 0 Å². The Hall–Kier alpha value is -1.40. The lowest BCUT2D eigenvalue weighted by Gasteiger charge is -2.41. The van der Waals surface area contributed by atoms with E-state index in [1.54, 1.807) is 0 Å². The minimum absolute atomic E-state index is 0.139. The Balaban J connectivity index is 1.92. The zero-order valence-electron chi connectivity index (χ0n) is 11.2. The highest BCUT2D eigenvalue weighted by Crippen LogP contribution is 2.41. The zero-order chi connectivity index (χ0) is 13.5. The van der Waals surface area contributed by atoms with Crippen molar-refractivity contribution < 1.29 is 5.11 Å². The van der Waals surface area contributed by atoms with Crippen LogP contribution >= 0.6 is 0 Å². The van der Waals surface area contributed by atoms with Gasteiger partial charge in [0.15, 0.2) is 0 Å². The predicted molar refractivity (Wildman–Crippen MR) is 73.8 cm³/mol. The van der Waals surface area contributed by atoms with Gasteiger partial charge in [-0.3, -0.25) is 0 Å². The molecule has 6 heteroatoms. The first-order valence-electron chi connectivity index (χ1n) is 6.92. The molecule has 6 nitrogen and oxygen atoms in total. The van der Waals surface area contributed by atoms with Gasteiger partial charge < -0.3 is 15.8 Å². The van der Waals surface area contributed by atoms with Crippen molar-refractivity contribution in [2.45, 2.75) is 50.5 Å². The topological polar surface area (TPSA) is 96.1 Å². The van der Waals surface area contributed by atoms with Gasteiger partial charge in [0.05, 0.1) is 12.1 Å². The van der Waals surface area contributed by atoms with Crippen LogP contribution in [-0.2, 0) is 0 Å². The second-order valence-electron chi connectivity index (χ2n) is 5.74. The third kappa shape index (κ3) is 2.26. The Morgan fingerprint density at radius 3 is 2.47 bits per heavy atom. The summed E-state index contributed by atoms with van der Waals surface area (Å²) < 4.78 is 0. The standard InChI is InChI=1S/C13H21N5O/c1-8-10(17-13(7-19)5-2-6-13)15-12(9-3-4-9)16-11(8)18-14/h9,19H,2-7,14H2,1H3,(H2,15,16,17,18). The SMILES string of the molecule is Cc1c(NN)nc(C2CC2)nc1NC1(CO)CCC1. The van der Waals surface area contributed by atoms with Crippen LogP contribution in [0.25, 0.3) is 0 Å².